The first-order chi connectivity index (χ1) is 3.79. The molecular formula is C6H6Br2. The van der Waals surface area contributed by atoms with Gasteiger partial charge in [-0.1, -0.05) is 50.1 Å². The van der Waals surface area contributed by atoms with Crippen LogP contribution in [0.1, 0.15) is 6.42 Å². The van der Waals surface area contributed by atoms with Crippen molar-refractivity contribution in [3.63, 3.8) is 0 Å². The number of allylic oxidation sites excluding steroid dienone is 4. The maximum absolute atomic E-state index is 3.44. The third-order valence-electron chi connectivity index (χ3n) is 0.973. The molecule has 0 radical (unpaired) electrons. The lowest BCUT2D eigenvalue weighted by molar-refractivity contribution is 1.24. The van der Waals surface area contributed by atoms with Crippen molar-refractivity contribution in [1.82, 2.24) is 0 Å². The van der Waals surface area contributed by atoms with Crippen LogP contribution in [0.3, 0.4) is 0 Å². The molecule has 0 amide bonds. The first-order valence-corrected chi connectivity index (χ1v) is 4.17. The molecule has 0 bridgehead atoms. The Hall–Kier alpha value is 0.440. The van der Waals surface area contributed by atoms with Crippen molar-refractivity contribution in [1.29, 1.82) is 0 Å². The van der Waals surface area contributed by atoms with Crippen LogP contribution in [0, 0.1) is 0 Å². The molecule has 44 valence electrons. The summed E-state index contributed by atoms with van der Waals surface area (Å²) in [5, 5.41) is 0. The van der Waals surface area contributed by atoms with Gasteiger partial charge in [-0.3, -0.25) is 0 Å². The van der Waals surface area contributed by atoms with E-state index in [2.05, 4.69) is 50.1 Å². The molecule has 2 heteroatoms. The van der Waals surface area contributed by atoms with Gasteiger partial charge in [-0.05, 0) is 10.9 Å². The summed E-state index contributed by atoms with van der Waals surface area (Å²) >= 11 is 6.84. The summed E-state index contributed by atoms with van der Waals surface area (Å²) < 4.78 is 1.27. The summed E-state index contributed by atoms with van der Waals surface area (Å²) in [6, 6.07) is 0. The monoisotopic (exact) mass is 236 g/mol. The van der Waals surface area contributed by atoms with Crippen molar-refractivity contribution in [3.05, 3.63) is 22.7 Å². The van der Waals surface area contributed by atoms with Crippen LogP contribution in [0.5, 0.6) is 0 Å². The van der Waals surface area contributed by atoms with Crippen molar-refractivity contribution in [2.45, 2.75) is 11.2 Å². The van der Waals surface area contributed by atoms with Crippen LogP contribution in [0.15, 0.2) is 22.7 Å². The van der Waals surface area contributed by atoms with Crippen molar-refractivity contribution < 1.29 is 0 Å². The van der Waals surface area contributed by atoms with E-state index in [1.54, 1.807) is 0 Å². The largest absolute Gasteiger partial charge is 0.0822 e. The normalized spacial score (nSPS) is 27.8. The average molecular weight is 238 g/mol. The third kappa shape index (κ3) is 1.75. The number of hydrogen-bond donors (Lipinski definition) is 0. The van der Waals surface area contributed by atoms with Crippen LogP contribution in [-0.4, -0.2) is 4.83 Å². The van der Waals surface area contributed by atoms with Gasteiger partial charge in [0, 0.05) is 0 Å². The van der Waals surface area contributed by atoms with Crippen LogP contribution >= 0.6 is 31.9 Å². The molecule has 1 aliphatic carbocycles. The molecule has 1 rings (SSSR count). The minimum Gasteiger partial charge on any atom is -0.0822 e. The highest BCUT2D eigenvalue weighted by Gasteiger charge is 2.00. The minimum atomic E-state index is 0.436. The van der Waals surface area contributed by atoms with Gasteiger partial charge in [-0.2, -0.15) is 0 Å². The van der Waals surface area contributed by atoms with Crippen molar-refractivity contribution in [2.24, 2.45) is 0 Å². The molecule has 0 N–H and O–H groups in total. The van der Waals surface area contributed by atoms with Crippen molar-refractivity contribution >= 4 is 31.9 Å². The van der Waals surface area contributed by atoms with E-state index >= 15 is 0 Å². The third-order valence-corrected chi connectivity index (χ3v) is 2.13. The summed E-state index contributed by atoms with van der Waals surface area (Å²) in [6.07, 6.45) is 7.45. The molecule has 0 fully saturated rings. The quantitative estimate of drug-likeness (QED) is 0.449. The number of halogens is 2. The molecule has 1 aliphatic rings. The molecule has 0 saturated carbocycles. The molecule has 0 aromatic carbocycles. The predicted octanol–water partition coefficient (Wildman–Crippen LogP) is 2.99. The van der Waals surface area contributed by atoms with Gasteiger partial charge in [-0.15, -0.1) is 0 Å². The molecule has 0 heterocycles. The van der Waals surface area contributed by atoms with Gasteiger partial charge >= 0.3 is 0 Å². The van der Waals surface area contributed by atoms with Gasteiger partial charge in [0.1, 0.15) is 0 Å². The molecule has 0 aliphatic heterocycles. The highest BCUT2D eigenvalue weighted by Crippen LogP contribution is 2.20. The van der Waals surface area contributed by atoms with Gasteiger partial charge in [0.2, 0.25) is 0 Å². The van der Waals surface area contributed by atoms with Gasteiger partial charge in [-0.25, -0.2) is 0 Å². The van der Waals surface area contributed by atoms with Crippen molar-refractivity contribution in [2.75, 3.05) is 0 Å². The summed E-state index contributed by atoms with van der Waals surface area (Å²) in [4.78, 5) is 0.436. The molecule has 1 atom stereocenters. The summed E-state index contributed by atoms with van der Waals surface area (Å²) in [6.45, 7) is 0. The Morgan fingerprint density at radius 3 is 2.75 bits per heavy atom. The van der Waals surface area contributed by atoms with Crippen LogP contribution in [-0.2, 0) is 0 Å². The lowest BCUT2D eigenvalue weighted by atomic mass is 10.2. The zero-order chi connectivity index (χ0) is 5.98. The van der Waals surface area contributed by atoms with E-state index in [1.165, 1.54) is 4.48 Å². The molecule has 0 saturated heterocycles. The molecule has 0 aromatic heterocycles. The first kappa shape index (κ1) is 6.56. The zero-order valence-corrected chi connectivity index (χ0v) is 7.44. The summed E-state index contributed by atoms with van der Waals surface area (Å²) in [7, 11) is 0. The lowest BCUT2D eigenvalue weighted by Gasteiger charge is -2.03. The Kier molecular flexibility index (Phi) is 2.32. The van der Waals surface area contributed by atoms with Gasteiger partial charge in [0.25, 0.3) is 0 Å². The van der Waals surface area contributed by atoms with E-state index in [9.17, 15) is 0 Å². The van der Waals surface area contributed by atoms with E-state index < -0.39 is 0 Å². The topological polar surface area (TPSA) is 0 Å². The molecule has 8 heavy (non-hydrogen) atoms. The Labute approximate surface area is 65.9 Å². The second kappa shape index (κ2) is 2.83. The van der Waals surface area contributed by atoms with Crippen molar-refractivity contribution in [3.8, 4) is 0 Å². The average Bonchev–Trinajstić information content (AvgIpc) is 1.64. The van der Waals surface area contributed by atoms with E-state index in [0.717, 1.165) is 6.42 Å². The standard InChI is InChI=1S/C6H6Br2/c7-5-2-1-3-6(8)4-5/h1-2,4-5H,3H2. The van der Waals surface area contributed by atoms with Gasteiger partial charge < -0.3 is 0 Å². The highest BCUT2D eigenvalue weighted by molar-refractivity contribution is 9.12. The SMILES string of the molecule is BrC1=CC(Br)C=CC1. The lowest BCUT2D eigenvalue weighted by Crippen LogP contribution is -1.90. The number of rotatable bonds is 0. The molecular weight excluding hydrogens is 232 g/mol. The number of alkyl halides is 1. The van der Waals surface area contributed by atoms with Crippen LogP contribution in [0.25, 0.3) is 0 Å². The second-order valence-corrected chi connectivity index (χ2v) is 3.77. The Balaban J connectivity index is 2.60. The molecule has 0 nitrogen and oxygen atoms in total. The number of hydrogen-bond acceptors (Lipinski definition) is 0. The molecule has 0 spiro atoms. The zero-order valence-electron chi connectivity index (χ0n) is 4.27. The summed E-state index contributed by atoms with van der Waals surface area (Å²) in [5.74, 6) is 0. The van der Waals surface area contributed by atoms with E-state index in [4.69, 9.17) is 0 Å². The Bertz CT molecular complexity index is 135. The minimum absolute atomic E-state index is 0.436. The van der Waals surface area contributed by atoms with E-state index in [0.29, 0.717) is 4.83 Å². The van der Waals surface area contributed by atoms with E-state index in [-0.39, 0.29) is 0 Å². The smallest absolute Gasteiger partial charge is 0.0516 e. The first-order valence-electron chi connectivity index (χ1n) is 2.46. The fraction of sp³-hybridized carbons (Fsp3) is 0.333. The predicted molar refractivity (Wildman–Crippen MR) is 43.5 cm³/mol. The highest BCUT2D eigenvalue weighted by atomic mass is 79.9. The van der Waals surface area contributed by atoms with E-state index in [1.807, 2.05) is 0 Å². The molecule has 0 aromatic rings. The second-order valence-electron chi connectivity index (χ2n) is 1.69. The van der Waals surface area contributed by atoms with Crippen LogP contribution in [0.2, 0.25) is 0 Å². The fourth-order valence-corrected chi connectivity index (χ4v) is 1.97. The van der Waals surface area contributed by atoms with Gasteiger partial charge in [0.05, 0.1) is 4.83 Å². The Morgan fingerprint density at radius 2 is 2.38 bits per heavy atom. The summed E-state index contributed by atoms with van der Waals surface area (Å²) in [5.41, 5.74) is 0. The van der Waals surface area contributed by atoms with Crippen LogP contribution in [0.4, 0.5) is 0 Å². The Morgan fingerprint density at radius 1 is 1.62 bits per heavy atom. The molecule has 1 unspecified atom stereocenters. The maximum Gasteiger partial charge on any atom is 0.0516 e. The van der Waals surface area contributed by atoms with Gasteiger partial charge in [0.15, 0.2) is 0 Å². The van der Waals surface area contributed by atoms with Crippen LogP contribution < -0.4 is 0 Å². The maximum atomic E-state index is 3.44. The fourth-order valence-electron chi connectivity index (χ4n) is 0.607.